The van der Waals surface area contributed by atoms with E-state index in [0.29, 0.717) is 33.4 Å². The largest absolute Gasteiger partial charge is 0.481 e. The fraction of sp³-hybridized carbons (Fsp3) is 0.148. The molecule has 0 fully saturated rings. The van der Waals surface area contributed by atoms with Gasteiger partial charge in [-0.3, -0.25) is 4.79 Å². The number of benzene rings is 3. The topological polar surface area (TPSA) is 92.9 Å². The predicted molar refractivity (Wildman–Crippen MR) is 134 cm³/mol. The lowest BCUT2D eigenvalue weighted by Crippen LogP contribution is -2.27. The molecule has 0 bridgehead atoms. The molecule has 4 rings (SSSR count). The maximum absolute atomic E-state index is 13.0. The van der Waals surface area contributed by atoms with Crippen LogP contribution >= 0.6 is 11.6 Å². The van der Waals surface area contributed by atoms with Gasteiger partial charge < -0.3 is 14.4 Å². The molecule has 0 aliphatic rings. The van der Waals surface area contributed by atoms with Crippen LogP contribution in [0.1, 0.15) is 18.2 Å². The number of carboxylic acid groups (broad SMARTS) is 1. The second kappa shape index (κ2) is 10.4. The normalized spacial score (nSPS) is 10.7. The third-order valence-corrected chi connectivity index (χ3v) is 5.71. The van der Waals surface area contributed by atoms with Gasteiger partial charge in [0.2, 0.25) is 0 Å². The van der Waals surface area contributed by atoms with Crippen LogP contribution < -0.4 is 4.90 Å². The van der Waals surface area contributed by atoms with Crippen molar-refractivity contribution in [3.8, 4) is 22.5 Å². The van der Waals surface area contributed by atoms with Crippen molar-refractivity contribution < 1.29 is 24.0 Å². The van der Waals surface area contributed by atoms with Crippen LogP contribution in [0.25, 0.3) is 22.5 Å². The highest BCUT2D eigenvalue weighted by Crippen LogP contribution is 2.41. The number of hydrogen-bond donors (Lipinski definition) is 1. The highest BCUT2D eigenvalue weighted by molar-refractivity contribution is 6.34. The van der Waals surface area contributed by atoms with Crippen molar-refractivity contribution in [2.24, 2.45) is 0 Å². The Morgan fingerprint density at radius 2 is 1.57 bits per heavy atom. The molecule has 0 atom stereocenters. The van der Waals surface area contributed by atoms with Gasteiger partial charge >= 0.3 is 12.1 Å². The number of aliphatic carboxylic acids is 1. The van der Waals surface area contributed by atoms with Crippen molar-refractivity contribution in [3.05, 3.63) is 89.1 Å². The number of aryl methyl sites for hydroxylation is 1. The zero-order valence-corrected chi connectivity index (χ0v) is 20.0. The molecule has 0 saturated carbocycles. The Bertz CT molecular complexity index is 1350. The summed E-state index contributed by atoms with van der Waals surface area (Å²) in [6, 6.07) is 22.0. The Hall–Kier alpha value is -4.10. The molecule has 0 aliphatic heterocycles. The van der Waals surface area contributed by atoms with Crippen LogP contribution in [0.4, 0.5) is 16.2 Å². The van der Waals surface area contributed by atoms with E-state index < -0.39 is 12.1 Å². The number of hydrogen-bond acceptors (Lipinski definition) is 5. The molecule has 4 aromatic rings. The van der Waals surface area contributed by atoms with E-state index in [1.807, 2.05) is 36.4 Å². The minimum absolute atomic E-state index is 0.0186. The molecule has 1 aromatic heterocycles. The summed E-state index contributed by atoms with van der Waals surface area (Å²) in [5.74, 6) is -0.465. The van der Waals surface area contributed by atoms with Gasteiger partial charge in [0.05, 0.1) is 23.7 Å². The van der Waals surface area contributed by atoms with Crippen LogP contribution in [-0.4, -0.2) is 28.9 Å². The molecular weight excluding hydrogens is 468 g/mol. The third kappa shape index (κ3) is 5.20. The number of carbonyl (C=O) groups excluding carboxylic acids is 1. The number of amides is 1. The Morgan fingerprint density at radius 3 is 2.17 bits per heavy atom. The van der Waals surface area contributed by atoms with Crippen LogP contribution in [0, 0.1) is 6.92 Å². The molecule has 1 heterocycles. The lowest BCUT2D eigenvalue weighted by atomic mass is 10.0. The van der Waals surface area contributed by atoms with E-state index in [4.69, 9.17) is 26.0 Å². The molecule has 178 valence electrons. The number of rotatable bonds is 7. The maximum Gasteiger partial charge on any atom is 0.419 e. The van der Waals surface area contributed by atoms with Gasteiger partial charge in [-0.05, 0) is 42.7 Å². The number of anilines is 2. The summed E-state index contributed by atoms with van der Waals surface area (Å²) in [5.41, 5.74) is 4.75. The number of aromatic nitrogens is 1. The molecular formula is C27H23ClN2O5. The Morgan fingerprint density at radius 1 is 0.971 bits per heavy atom. The van der Waals surface area contributed by atoms with Crippen molar-refractivity contribution in [1.29, 1.82) is 0 Å². The number of para-hydroxylation sites is 1. The van der Waals surface area contributed by atoms with E-state index >= 15 is 0 Å². The molecule has 3 aromatic carbocycles. The van der Waals surface area contributed by atoms with E-state index in [1.165, 1.54) is 4.90 Å². The average molecular weight is 491 g/mol. The Balaban J connectivity index is 1.71. The highest BCUT2D eigenvalue weighted by atomic mass is 35.5. The summed E-state index contributed by atoms with van der Waals surface area (Å²) < 4.78 is 11.0. The molecule has 0 spiro atoms. The van der Waals surface area contributed by atoms with Crippen LogP contribution in [0.15, 0.2) is 77.3 Å². The number of carboxylic acids is 1. The lowest BCUT2D eigenvalue weighted by Gasteiger charge is -2.23. The van der Waals surface area contributed by atoms with Crippen molar-refractivity contribution >= 4 is 35.0 Å². The maximum atomic E-state index is 13.0. The van der Waals surface area contributed by atoms with E-state index in [-0.39, 0.29) is 13.0 Å². The van der Waals surface area contributed by atoms with Crippen LogP contribution in [0.5, 0.6) is 0 Å². The van der Waals surface area contributed by atoms with Gasteiger partial charge in [-0.2, -0.15) is 0 Å². The first-order chi connectivity index (χ1) is 16.9. The Labute approximate surface area is 207 Å². The summed E-state index contributed by atoms with van der Waals surface area (Å²) in [5, 5.41) is 13.4. The molecule has 0 saturated heterocycles. The van der Waals surface area contributed by atoms with Crippen LogP contribution in [-0.2, 0) is 16.0 Å². The van der Waals surface area contributed by atoms with Gasteiger partial charge in [-0.25, -0.2) is 9.69 Å². The average Bonchev–Trinajstić information content (AvgIpc) is 3.22. The van der Waals surface area contributed by atoms with Gasteiger partial charge in [-0.1, -0.05) is 77.4 Å². The van der Waals surface area contributed by atoms with E-state index in [2.05, 4.69) is 5.16 Å². The van der Waals surface area contributed by atoms with Gasteiger partial charge in [0.1, 0.15) is 11.4 Å². The van der Waals surface area contributed by atoms with Gasteiger partial charge in [-0.15, -0.1) is 0 Å². The molecule has 35 heavy (non-hydrogen) atoms. The first-order valence-electron chi connectivity index (χ1n) is 11.0. The Kier molecular flexibility index (Phi) is 7.17. The van der Waals surface area contributed by atoms with Crippen molar-refractivity contribution in [1.82, 2.24) is 5.16 Å². The predicted octanol–water partition coefficient (Wildman–Crippen LogP) is 6.89. The second-order valence-corrected chi connectivity index (χ2v) is 8.18. The summed E-state index contributed by atoms with van der Waals surface area (Å²) in [6.07, 6.45) is -0.610. The molecule has 8 heteroatoms. The summed E-state index contributed by atoms with van der Waals surface area (Å²) in [6.45, 7) is 3.68. The van der Waals surface area contributed by atoms with Crippen molar-refractivity contribution in [2.75, 3.05) is 11.5 Å². The monoisotopic (exact) mass is 490 g/mol. The smallest absolute Gasteiger partial charge is 0.419 e. The summed E-state index contributed by atoms with van der Waals surface area (Å²) in [7, 11) is 0. The van der Waals surface area contributed by atoms with Crippen LogP contribution in [0.2, 0.25) is 5.02 Å². The number of halogens is 1. The first kappa shape index (κ1) is 24.0. The fourth-order valence-corrected chi connectivity index (χ4v) is 3.97. The molecule has 1 amide bonds. The molecule has 0 aliphatic carbocycles. The van der Waals surface area contributed by atoms with E-state index in [9.17, 15) is 9.59 Å². The minimum atomic E-state index is -0.867. The number of ether oxygens (including phenoxy) is 1. The molecule has 1 N–H and O–H groups in total. The van der Waals surface area contributed by atoms with E-state index in [1.54, 1.807) is 50.2 Å². The van der Waals surface area contributed by atoms with Gasteiger partial charge in [0, 0.05) is 5.56 Å². The highest BCUT2D eigenvalue weighted by Gasteiger charge is 2.29. The molecule has 0 radical (unpaired) electrons. The quantitative estimate of drug-likeness (QED) is 0.303. The number of carbonyl (C=O) groups is 2. The standard InChI is InChI=1S/C27H23ClN2O5/c1-3-34-27(33)30(23-7-5-4-6-22(23)28)25-17(2)29-35-26(25)21-14-12-20(13-15-21)19-10-8-18(9-11-19)16-24(31)32/h4-15H,3,16H2,1-2H3,(H,31,32). The van der Waals surface area contributed by atoms with Gasteiger partial charge in [0.25, 0.3) is 0 Å². The second-order valence-electron chi connectivity index (χ2n) is 7.78. The zero-order chi connectivity index (χ0) is 24.9. The van der Waals surface area contributed by atoms with Crippen LogP contribution in [0.3, 0.4) is 0 Å². The summed E-state index contributed by atoms with van der Waals surface area (Å²) in [4.78, 5) is 25.3. The minimum Gasteiger partial charge on any atom is -0.481 e. The zero-order valence-electron chi connectivity index (χ0n) is 19.2. The number of nitrogens with zero attached hydrogens (tertiary/aromatic N) is 2. The SMILES string of the molecule is CCOC(=O)N(c1ccccc1Cl)c1c(C)noc1-c1ccc(-c2ccc(CC(=O)O)cc2)cc1. The van der Waals surface area contributed by atoms with Crippen molar-refractivity contribution in [2.45, 2.75) is 20.3 Å². The summed E-state index contributed by atoms with van der Waals surface area (Å²) >= 11 is 6.43. The van der Waals surface area contributed by atoms with Crippen molar-refractivity contribution in [3.63, 3.8) is 0 Å². The first-order valence-corrected chi connectivity index (χ1v) is 11.4. The lowest BCUT2D eigenvalue weighted by molar-refractivity contribution is -0.136. The fourth-order valence-electron chi connectivity index (χ4n) is 3.75. The molecule has 7 nitrogen and oxygen atoms in total. The molecule has 0 unspecified atom stereocenters. The van der Waals surface area contributed by atoms with Gasteiger partial charge in [0.15, 0.2) is 5.76 Å². The van der Waals surface area contributed by atoms with E-state index in [0.717, 1.165) is 16.7 Å². The third-order valence-electron chi connectivity index (χ3n) is 5.39.